The summed E-state index contributed by atoms with van der Waals surface area (Å²) >= 11 is 0. The Labute approximate surface area is 110 Å². The predicted molar refractivity (Wildman–Crippen MR) is 71.5 cm³/mol. The molecule has 0 aromatic heterocycles. The van der Waals surface area contributed by atoms with Crippen molar-refractivity contribution >= 4 is 9.84 Å². The zero-order valence-electron chi connectivity index (χ0n) is 11.1. The summed E-state index contributed by atoms with van der Waals surface area (Å²) in [7, 11) is -0.753. The van der Waals surface area contributed by atoms with Crippen molar-refractivity contribution in [2.24, 2.45) is 0 Å². The molecule has 2 saturated heterocycles. The molecule has 1 N–H and O–H groups in total. The van der Waals surface area contributed by atoms with E-state index < -0.39 is 9.84 Å². The highest BCUT2D eigenvalue weighted by Crippen LogP contribution is 2.16. The van der Waals surface area contributed by atoms with Gasteiger partial charge in [-0.3, -0.25) is 0 Å². The van der Waals surface area contributed by atoms with Gasteiger partial charge in [-0.2, -0.15) is 0 Å². The van der Waals surface area contributed by atoms with Gasteiger partial charge in [-0.05, 0) is 26.3 Å². The molecule has 2 heterocycles. The molecule has 2 rings (SSSR count). The van der Waals surface area contributed by atoms with Crippen LogP contribution < -0.4 is 5.32 Å². The lowest BCUT2D eigenvalue weighted by Gasteiger charge is -2.23. The molecule has 0 amide bonds. The normalized spacial score (nSPS) is 31.2. The lowest BCUT2D eigenvalue weighted by atomic mass is 10.2. The lowest BCUT2D eigenvalue weighted by molar-refractivity contribution is 0.109. The van der Waals surface area contributed by atoms with Gasteiger partial charge in [0.2, 0.25) is 0 Å². The quantitative estimate of drug-likeness (QED) is 0.685. The van der Waals surface area contributed by atoms with Crippen molar-refractivity contribution in [1.82, 2.24) is 10.2 Å². The summed E-state index contributed by atoms with van der Waals surface area (Å²) < 4.78 is 28.3. The molecule has 0 aromatic carbocycles. The summed E-state index contributed by atoms with van der Waals surface area (Å²) in [6.45, 7) is 3.60. The minimum atomic E-state index is -2.77. The molecule has 5 nitrogen and oxygen atoms in total. The van der Waals surface area contributed by atoms with E-state index in [1.807, 2.05) is 7.05 Å². The third-order valence-corrected chi connectivity index (χ3v) is 5.62. The number of nitrogens with one attached hydrogen (secondary N) is 1. The van der Waals surface area contributed by atoms with E-state index in [0.29, 0.717) is 17.6 Å². The van der Waals surface area contributed by atoms with E-state index in [-0.39, 0.29) is 6.04 Å². The van der Waals surface area contributed by atoms with Crippen LogP contribution in [0.4, 0.5) is 0 Å². The number of likely N-dealkylation sites (N-methyl/N-ethyl adjacent to an activating group) is 1. The highest BCUT2D eigenvalue weighted by molar-refractivity contribution is 7.91. The first-order valence-electron chi connectivity index (χ1n) is 6.80. The van der Waals surface area contributed by atoms with Crippen molar-refractivity contribution in [2.45, 2.75) is 31.4 Å². The van der Waals surface area contributed by atoms with Gasteiger partial charge in [0.25, 0.3) is 0 Å². The van der Waals surface area contributed by atoms with Gasteiger partial charge in [0, 0.05) is 32.3 Å². The maximum absolute atomic E-state index is 11.4. The van der Waals surface area contributed by atoms with Gasteiger partial charge in [0.05, 0.1) is 17.6 Å². The minimum absolute atomic E-state index is 0.208. The van der Waals surface area contributed by atoms with Gasteiger partial charge in [0.15, 0.2) is 9.84 Å². The fourth-order valence-electron chi connectivity index (χ4n) is 2.63. The van der Waals surface area contributed by atoms with Crippen LogP contribution in [0, 0.1) is 0 Å². The molecule has 0 bridgehead atoms. The Balaban J connectivity index is 1.58. The number of sulfone groups is 1. The summed E-state index contributed by atoms with van der Waals surface area (Å²) in [5.74, 6) is 0.681. The number of hydrogen-bond donors (Lipinski definition) is 1. The Morgan fingerprint density at radius 1 is 1.39 bits per heavy atom. The molecule has 2 aliphatic heterocycles. The summed E-state index contributed by atoms with van der Waals surface area (Å²) in [6.07, 6.45) is 3.49. The molecule has 18 heavy (non-hydrogen) atoms. The molecule has 0 radical (unpaired) electrons. The zero-order chi connectivity index (χ0) is 13.0. The van der Waals surface area contributed by atoms with Gasteiger partial charge in [-0.15, -0.1) is 0 Å². The minimum Gasteiger partial charge on any atom is -0.377 e. The van der Waals surface area contributed by atoms with Gasteiger partial charge < -0.3 is 15.0 Å². The smallest absolute Gasteiger partial charge is 0.151 e. The number of nitrogens with zero attached hydrogens (tertiary/aromatic N) is 1. The fraction of sp³-hybridized carbons (Fsp3) is 1.00. The standard InChI is InChI=1S/C12H24N2O3S/c1-14(11-4-8-18(15,16)10-11)6-5-13-9-12-3-2-7-17-12/h11-13H,2-10H2,1H3. The Morgan fingerprint density at radius 2 is 2.22 bits per heavy atom. The molecule has 0 spiro atoms. The summed E-state index contributed by atoms with van der Waals surface area (Å²) in [5.41, 5.74) is 0. The zero-order valence-corrected chi connectivity index (χ0v) is 11.9. The van der Waals surface area contributed by atoms with Gasteiger partial charge in [0.1, 0.15) is 0 Å². The average Bonchev–Trinajstić information content (AvgIpc) is 2.93. The summed E-state index contributed by atoms with van der Waals surface area (Å²) in [6, 6.07) is 0.208. The SMILES string of the molecule is CN(CCNCC1CCCO1)C1CCS(=O)(=O)C1. The van der Waals surface area contributed by atoms with Crippen LogP contribution >= 0.6 is 0 Å². The van der Waals surface area contributed by atoms with Crippen LogP contribution in [0.3, 0.4) is 0 Å². The van der Waals surface area contributed by atoms with Crippen LogP contribution in [0.15, 0.2) is 0 Å². The predicted octanol–water partition coefficient (Wildman–Crippen LogP) is -0.126. The Bertz CT molecular complexity index is 352. The fourth-order valence-corrected chi connectivity index (χ4v) is 4.43. The van der Waals surface area contributed by atoms with Crippen molar-refractivity contribution in [2.75, 3.05) is 44.8 Å². The number of hydrogen-bond acceptors (Lipinski definition) is 5. The molecular weight excluding hydrogens is 252 g/mol. The van der Waals surface area contributed by atoms with Gasteiger partial charge in [-0.25, -0.2) is 8.42 Å². The monoisotopic (exact) mass is 276 g/mol. The van der Waals surface area contributed by atoms with Crippen LogP contribution in [0.1, 0.15) is 19.3 Å². The van der Waals surface area contributed by atoms with Crippen LogP contribution in [0.25, 0.3) is 0 Å². The van der Waals surface area contributed by atoms with E-state index in [4.69, 9.17) is 4.74 Å². The Kier molecular flexibility index (Phi) is 5.00. The van der Waals surface area contributed by atoms with Crippen molar-refractivity contribution < 1.29 is 13.2 Å². The third-order valence-electron chi connectivity index (χ3n) is 3.87. The first-order chi connectivity index (χ1) is 8.57. The van der Waals surface area contributed by atoms with Crippen LogP contribution in [-0.2, 0) is 14.6 Å². The maximum atomic E-state index is 11.4. The molecule has 2 unspecified atom stereocenters. The number of rotatable bonds is 6. The number of ether oxygens (including phenoxy) is 1. The summed E-state index contributed by atoms with van der Waals surface area (Å²) in [5, 5.41) is 3.39. The Hall–Kier alpha value is -0.170. The highest BCUT2D eigenvalue weighted by Gasteiger charge is 2.30. The third kappa shape index (κ3) is 4.19. The molecule has 2 aliphatic rings. The van der Waals surface area contributed by atoms with E-state index >= 15 is 0 Å². The molecule has 2 fully saturated rings. The highest BCUT2D eigenvalue weighted by atomic mass is 32.2. The Morgan fingerprint density at radius 3 is 2.83 bits per heavy atom. The van der Waals surface area contributed by atoms with E-state index in [1.165, 1.54) is 6.42 Å². The average molecular weight is 276 g/mol. The second kappa shape index (κ2) is 6.32. The van der Waals surface area contributed by atoms with E-state index in [0.717, 1.165) is 39.1 Å². The molecule has 0 saturated carbocycles. The van der Waals surface area contributed by atoms with Gasteiger partial charge >= 0.3 is 0 Å². The molecule has 6 heteroatoms. The van der Waals surface area contributed by atoms with Gasteiger partial charge in [-0.1, -0.05) is 0 Å². The molecular formula is C12H24N2O3S. The first kappa shape index (κ1) is 14.2. The van der Waals surface area contributed by atoms with Crippen LogP contribution in [0.2, 0.25) is 0 Å². The van der Waals surface area contributed by atoms with Crippen molar-refractivity contribution in [3.8, 4) is 0 Å². The second-order valence-electron chi connectivity index (χ2n) is 5.38. The van der Waals surface area contributed by atoms with E-state index in [1.54, 1.807) is 0 Å². The largest absolute Gasteiger partial charge is 0.377 e. The van der Waals surface area contributed by atoms with Crippen LogP contribution in [0.5, 0.6) is 0 Å². The summed E-state index contributed by atoms with van der Waals surface area (Å²) in [4.78, 5) is 2.16. The van der Waals surface area contributed by atoms with Crippen LogP contribution in [-0.4, -0.2) is 70.3 Å². The maximum Gasteiger partial charge on any atom is 0.151 e. The first-order valence-corrected chi connectivity index (χ1v) is 8.62. The van der Waals surface area contributed by atoms with Crippen molar-refractivity contribution in [3.05, 3.63) is 0 Å². The molecule has 0 aromatic rings. The topological polar surface area (TPSA) is 58.6 Å². The van der Waals surface area contributed by atoms with E-state index in [2.05, 4.69) is 10.2 Å². The van der Waals surface area contributed by atoms with Crippen molar-refractivity contribution in [1.29, 1.82) is 0 Å². The van der Waals surface area contributed by atoms with E-state index in [9.17, 15) is 8.42 Å². The van der Waals surface area contributed by atoms with Crippen molar-refractivity contribution in [3.63, 3.8) is 0 Å². The lowest BCUT2D eigenvalue weighted by Crippen LogP contribution is -2.39. The second-order valence-corrected chi connectivity index (χ2v) is 7.61. The molecule has 0 aliphatic carbocycles. The molecule has 106 valence electrons. The molecule has 2 atom stereocenters.